The Morgan fingerprint density at radius 3 is 0.727 bits per heavy atom. The Kier molecular flexibility index (Phi) is 34.6. The average molecular weight is 1760 g/mol. The van der Waals surface area contributed by atoms with Crippen molar-refractivity contribution >= 4 is 66.9 Å². The summed E-state index contributed by atoms with van der Waals surface area (Å²) < 4.78 is 103. The molecule has 0 fully saturated rings. The van der Waals surface area contributed by atoms with E-state index >= 15 is 0 Å². The number of nitrogens with zero attached hydrogens (tertiary/aromatic N) is 10. The SMILES string of the molecule is CC[N+](C)(CC)c1cccc(OCCOCCOCCOc2cccc3c2-c2nc-3nc3[nH]c(nc4nc(nc5[nH]c(n2)c2cccc(OCCOCCOCCOc6cccc([N+](C)(CC)CC)c6)c52)-c2cccc(OCCOCCOCCOc5cccc([N+](C)(CC)CC)c5)c2-4)c2cccc(OCCOCCOCCOc4cccc([N+](C)(CC)CC)c4)c32)c1. The van der Waals surface area contributed by atoms with E-state index in [1.807, 2.05) is 121 Å². The van der Waals surface area contributed by atoms with Gasteiger partial charge < -0.3 is 85.8 Å². The molecule has 0 spiro atoms. The molecule has 128 heavy (non-hydrogen) atoms. The highest BCUT2D eigenvalue weighted by molar-refractivity contribution is 6.10. The zero-order valence-electron chi connectivity index (χ0n) is 76.8. The van der Waals surface area contributed by atoms with Crippen molar-refractivity contribution in [1.82, 2.24) is 57.8 Å². The summed E-state index contributed by atoms with van der Waals surface area (Å²) in [7, 11) is 8.94. The van der Waals surface area contributed by atoms with E-state index in [-0.39, 0.29) is 52.9 Å². The molecular formula is C100H130N12O16+4. The van der Waals surface area contributed by atoms with Gasteiger partial charge in [0.05, 0.1) is 208 Å². The predicted molar refractivity (Wildman–Crippen MR) is 508 cm³/mol. The van der Waals surface area contributed by atoms with Crippen LogP contribution in [0.25, 0.3) is 89.7 Å². The molecule has 13 rings (SSSR count). The molecular weight excluding hydrogens is 1630 g/mol. The summed E-state index contributed by atoms with van der Waals surface area (Å²) in [5.41, 5.74) is 9.09. The minimum Gasteiger partial charge on any atom is -0.491 e. The zero-order chi connectivity index (χ0) is 89.6. The zero-order valence-corrected chi connectivity index (χ0v) is 76.8. The number of hydrogen-bond acceptors (Lipinski definition) is 22. The van der Waals surface area contributed by atoms with Crippen molar-refractivity contribution in [2.24, 2.45) is 0 Å². The third kappa shape index (κ3) is 24.1. The first-order valence-electron chi connectivity index (χ1n) is 45.4. The van der Waals surface area contributed by atoms with Crippen molar-refractivity contribution in [3.8, 4) is 91.5 Å². The van der Waals surface area contributed by atoms with Gasteiger partial charge in [0.25, 0.3) is 0 Å². The largest absolute Gasteiger partial charge is 0.491 e. The Bertz CT molecular complexity index is 5220. The Hall–Kier alpha value is -11.0. The molecule has 5 heterocycles. The molecule has 28 heteroatoms. The smallest absolute Gasteiger partial charge is 0.168 e. The number of rotatable bonds is 56. The van der Waals surface area contributed by atoms with Gasteiger partial charge in [0.1, 0.15) is 144 Å². The fraction of sp³-hybridized carbons (Fsp3) is 0.440. The molecule has 0 saturated carbocycles. The lowest BCUT2D eigenvalue weighted by atomic mass is 10.1. The minimum atomic E-state index is 0.200. The highest BCUT2D eigenvalue weighted by Crippen LogP contribution is 2.45. The molecule has 2 aliphatic rings. The molecule has 3 aromatic heterocycles. The summed E-state index contributed by atoms with van der Waals surface area (Å²) >= 11 is 0. The van der Waals surface area contributed by atoms with E-state index in [2.05, 4.69) is 142 Å². The molecule has 0 aliphatic carbocycles. The second-order valence-electron chi connectivity index (χ2n) is 32.1. The van der Waals surface area contributed by atoms with Gasteiger partial charge in [-0.2, -0.15) is 0 Å². The van der Waals surface area contributed by atoms with Crippen LogP contribution in [0.2, 0.25) is 0 Å². The third-order valence-electron chi connectivity index (χ3n) is 24.5. The van der Waals surface area contributed by atoms with Gasteiger partial charge in [-0.15, -0.1) is 0 Å². The first-order chi connectivity index (χ1) is 62.6. The minimum absolute atomic E-state index is 0.200. The van der Waals surface area contributed by atoms with E-state index < -0.39 is 0 Å². The Labute approximate surface area is 752 Å². The van der Waals surface area contributed by atoms with Gasteiger partial charge in [0, 0.05) is 46.2 Å². The van der Waals surface area contributed by atoms with Crippen LogP contribution in [0.3, 0.4) is 0 Å². The van der Waals surface area contributed by atoms with Gasteiger partial charge >= 0.3 is 0 Å². The quantitative estimate of drug-likeness (QED) is 0.0265. The second kappa shape index (κ2) is 46.9. The lowest BCUT2D eigenvalue weighted by Crippen LogP contribution is -2.44. The number of quaternary nitrogens is 4. The summed E-state index contributed by atoms with van der Waals surface area (Å²) in [6.07, 6.45) is 0. The molecule has 11 aromatic rings. The molecule has 0 unspecified atom stereocenters. The van der Waals surface area contributed by atoms with Crippen LogP contribution < -0.4 is 55.8 Å². The lowest BCUT2D eigenvalue weighted by Gasteiger charge is -2.31. The van der Waals surface area contributed by atoms with Crippen molar-refractivity contribution in [2.45, 2.75) is 55.4 Å². The Morgan fingerprint density at radius 1 is 0.227 bits per heavy atom. The van der Waals surface area contributed by atoms with Crippen molar-refractivity contribution in [3.05, 3.63) is 170 Å². The summed E-state index contributed by atoms with van der Waals surface area (Å²) in [6, 6.07) is 56.4. The predicted octanol–water partition coefficient (Wildman–Crippen LogP) is 16.7. The van der Waals surface area contributed by atoms with E-state index in [0.717, 1.165) is 93.3 Å². The maximum atomic E-state index is 6.69. The molecule has 0 radical (unpaired) electrons. The molecule has 2 N–H and O–H groups in total. The highest BCUT2D eigenvalue weighted by Gasteiger charge is 2.30. The molecule has 0 atom stereocenters. The van der Waals surface area contributed by atoms with Crippen LogP contribution in [0.5, 0.6) is 46.0 Å². The molecule has 682 valence electrons. The van der Waals surface area contributed by atoms with Crippen molar-refractivity contribution in [3.63, 3.8) is 0 Å². The fourth-order valence-corrected chi connectivity index (χ4v) is 15.3. The number of aromatic nitrogens is 8. The monoisotopic (exact) mass is 1750 g/mol. The normalized spacial score (nSPS) is 12.2. The maximum Gasteiger partial charge on any atom is 0.168 e. The first-order valence-corrected chi connectivity index (χ1v) is 45.4. The van der Waals surface area contributed by atoms with E-state index in [9.17, 15) is 0 Å². The maximum absolute atomic E-state index is 6.69. The van der Waals surface area contributed by atoms with Gasteiger partial charge in [-0.25, -0.2) is 29.9 Å². The van der Waals surface area contributed by atoms with Gasteiger partial charge in [0.15, 0.2) is 23.3 Å². The van der Waals surface area contributed by atoms with Crippen molar-refractivity contribution in [1.29, 1.82) is 0 Å². The number of nitrogens with one attached hydrogen (secondary N) is 2. The number of aromatic amines is 2. The summed E-state index contributed by atoms with van der Waals surface area (Å²) in [4.78, 5) is 39.6. The van der Waals surface area contributed by atoms with Crippen LogP contribution in [0.15, 0.2) is 170 Å². The number of benzene rings is 8. The highest BCUT2D eigenvalue weighted by atomic mass is 16.6. The van der Waals surface area contributed by atoms with Gasteiger partial charge in [-0.3, -0.25) is 17.9 Å². The fourth-order valence-electron chi connectivity index (χ4n) is 15.3. The van der Waals surface area contributed by atoms with Crippen molar-refractivity contribution in [2.75, 3.05) is 239 Å². The lowest BCUT2D eigenvalue weighted by molar-refractivity contribution is 0.0274. The summed E-state index contributed by atoms with van der Waals surface area (Å²) in [5, 5.41) is 2.66. The molecule has 2 aliphatic heterocycles. The van der Waals surface area contributed by atoms with E-state index in [4.69, 9.17) is 106 Å². The van der Waals surface area contributed by atoms with Crippen LogP contribution in [0, 0.1) is 0 Å². The van der Waals surface area contributed by atoms with Crippen LogP contribution in [0.1, 0.15) is 55.4 Å². The molecule has 28 nitrogen and oxygen atoms in total. The average Bonchev–Trinajstić information content (AvgIpc) is 1.59. The van der Waals surface area contributed by atoms with Gasteiger partial charge in [-0.05, 0) is 128 Å². The number of hydrogen-bond donors (Lipinski definition) is 2. The van der Waals surface area contributed by atoms with Gasteiger partial charge in [-0.1, -0.05) is 72.8 Å². The summed E-state index contributed by atoms with van der Waals surface area (Å²) in [6.45, 7) is 33.5. The molecule has 0 amide bonds. The van der Waals surface area contributed by atoms with Gasteiger partial charge in [0.2, 0.25) is 0 Å². The van der Waals surface area contributed by atoms with Crippen LogP contribution in [0.4, 0.5) is 22.7 Å². The molecule has 8 aromatic carbocycles. The number of ether oxygens (including phenoxy) is 16. The number of H-pyrrole nitrogens is 2. The van der Waals surface area contributed by atoms with Crippen LogP contribution in [-0.4, -0.2) is 279 Å². The number of fused-ring (bicyclic) bond motifs is 20. The Balaban J connectivity index is 0.763. The third-order valence-corrected chi connectivity index (χ3v) is 24.5. The van der Waals surface area contributed by atoms with E-state index in [0.29, 0.717) is 218 Å². The summed E-state index contributed by atoms with van der Waals surface area (Å²) in [5.74, 6) is 6.71. The second-order valence-corrected chi connectivity index (χ2v) is 32.1. The first kappa shape index (κ1) is 94.6. The molecule has 0 saturated heterocycles. The standard InChI is InChI=1S/C100H130N12O16/c1-13-109(9,14-2)73-29-21-33-77(69-73)121-61-53-113-45-49-117-57-65-125-85-41-25-37-81-89(85)97-101-93(81)106-98-91-83(39-27-43-87(91)127-67-59-119-51-47-115-55-63-123-79-35-23-31-75(71-79)111(11,17-5)18-6)95(103-98)108-100-92-84(40-28-44-88(92)128-68-60-120-52-48-116-56-64-124-80-36-24-32-76(72-80)112(12,19-7)20-8)96(104-100)107-99-90-82(94(102-99)105-97)38-26-42-86(90)126-66-58-118-50-46-114-54-62-122-78-34-22-30-74(70-78)110(10,15-3)16-4/h21-44,69-72H,13-20,45-68H2,1-12H3,(H2,101,102,103,104,105,106,107,108)/q+4. The topological polar surface area (TPSA) is 257 Å². The van der Waals surface area contributed by atoms with Crippen molar-refractivity contribution < 1.29 is 75.8 Å². The Morgan fingerprint density at radius 2 is 0.453 bits per heavy atom. The van der Waals surface area contributed by atoms with E-state index in [1.54, 1.807) is 0 Å². The van der Waals surface area contributed by atoms with Crippen LogP contribution in [-0.2, 0) is 37.9 Å². The molecule has 8 bridgehead atoms. The van der Waals surface area contributed by atoms with E-state index in [1.165, 1.54) is 22.7 Å². The van der Waals surface area contributed by atoms with Crippen LogP contribution >= 0.6 is 0 Å².